The van der Waals surface area contributed by atoms with Crippen molar-refractivity contribution in [2.24, 2.45) is 0 Å². The van der Waals surface area contributed by atoms with Crippen molar-refractivity contribution < 1.29 is 24.3 Å². The minimum absolute atomic E-state index is 0.138. The van der Waals surface area contributed by atoms with Crippen molar-refractivity contribution in [3.63, 3.8) is 0 Å². The van der Waals surface area contributed by atoms with Crippen molar-refractivity contribution in [2.45, 2.75) is 30.6 Å². The van der Waals surface area contributed by atoms with Gasteiger partial charge in [0.1, 0.15) is 0 Å². The van der Waals surface area contributed by atoms with Crippen LogP contribution in [0.4, 0.5) is 0 Å². The first-order valence-corrected chi connectivity index (χ1v) is 13.7. The summed E-state index contributed by atoms with van der Waals surface area (Å²) in [5.74, 6) is -0.965. The van der Waals surface area contributed by atoms with E-state index in [-0.39, 0.29) is 12.8 Å². The van der Waals surface area contributed by atoms with Crippen LogP contribution in [0.5, 0.6) is 0 Å². The zero-order valence-corrected chi connectivity index (χ0v) is 21.2. The first-order valence-electron chi connectivity index (χ1n) is 12.1. The molecule has 0 aliphatic heterocycles. The van der Waals surface area contributed by atoms with Gasteiger partial charge in [-0.3, -0.25) is 14.7 Å². The Kier molecular flexibility index (Phi) is 8.37. The van der Waals surface area contributed by atoms with Crippen LogP contribution in [0.3, 0.4) is 0 Å². The molecule has 0 saturated carbocycles. The zero-order valence-electron chi connectivity index (χ0n) is 20.3. The Hall–Kier alpha value is -3.54. The van der Waals surface area contributed by atoms with Crippen molar-refractivity contribution in [3.05, 3.63) is 132 Å². The molecule has 0 amide bonds. The van der Waals surface area contributed by atoms with E-state index in [2.05, 4.69) is 5.32 Å². The molecule has 37 heavy (non-hydrogen) atoms. The molecule has 4 aromatic carbocycles. The lowest BCUT2D eigenvalue weighted by atomic mass is 9.93. The van der Waals surface area contributed by atoms with E-state index in [9.17, 15) is 24.3 Å². The highest BCUT2D eigenvalue weighted by Gasteiger charge is 2.51. The summed E-state index contributed by atoms with van der Waals surface area (Å²) in [5, 5.41) is 10.8. The van der Waals surface area contributed by atoms with E-state index in [0.717, 1.165) is 16.7 Å². The third kappa shape index (κ3) is 6.24. The minimum Gasteiger partial charge on any atom is -0.481 e. The van der Waals surface area contributed by atoms with Crippen molar-refractivity contribution in [3.8, 4) is 11.1 Å². The van der Waals surface area contributed by atoms with Gasteiger partial charge in [-0.15, -0.1) is 0 Å². The molecule has 7 heteroatoms. The fourth-order valence-electron chi connectivity index (χ4n) is 4.68. The minimum atomic E-state index is -4.86. The van der Waals surface area contributed by atoms with E-state index in [0.29, 0.717) is 17.5 Å². The molecule has 0 radical (unpaired) electrons. The van der Waals surface area contributed by atoms with Crippen LogP contribution in [0.1, 0.15) is 29.5 Å². The Morgan fingerprint density at radius 3 is 1.65 bits per heavy atom. The zero-order chi connectivity index (χ0) is 26.3. The van der Waals surface area contributed by atoms with Gasteiger partial charge < -0.3 is 14.9 Å². The van der Waals surface area contributed by atoms with E-state index in [1.54, 1.807) is 60.7 Å². The lowest BCUT2D eigenvalue weighted by Crippen LogP contribution is -2.49. The Morgan fingerprint density at radius 1 is 0.730 bits per heavy atom. The van der Waals surface area contributed by atoms with E-state index >= 15 is 0 Å². The molecule has 0 aliphatic rings. The molecule has 0 aromatic heterocycles. The van der Waals surface area contributed by atoms with Gasteiger partial charge >= 0.3 is 13.6 Å². The summed E-state index contributed by atoms with van der Waals surface area (Å²) in [5.41, 5.74) is 3.90. The van der Waals surface area contributed by atoms with Gasteiger partial charge in [0.15, 0.2) is 5.28 Å². The van der Waals surface area contributed by atoms with Gasteiger partial charge in [0.25, 0.3) is 0 Å². The number of carboxylic acid groups (broad SMARTS) is 1. The molecule has 190 valence electrons. The highest BCUT2D eigenvalue weighted by Crippen LogP contribution is 2.59. The fraction of sp³-hybridized carbons (Fsp3) is 0.167. The number of aliphatic carboxylic acids is 1. The molecular weight excluding hydrogens is 485 g/mol. The molecule has 6 nitrogen and oxygen atoms in total. The van der Waals surface area contributed by atoms with Crippen LogP contribution in [0.25, 0.3) is 11.1 Å². The van der Waals surface area contributed by atoms with Crippen molar-refractivity contribution in [1.82, 2.24) is 5.32 Å². The molecular formula is C30H30NO5P. The molecule has 0 aliphatic carbocycles. The number of hydrogen-bond donors (Lipinski definition) is 4. The summed E-state index contributed by atoms with van der Waals surface area (Å²) in [6.45, 7) is 0. The standard InChI is InChI=1S/C30H30NO5P/c32-29(33)21-20-28(22-23-16-18-25(19-17-23)24-10-4-1-5-11-24)31-30(37(34,35)36,26-12-6-2-7-13-26)27-14-8-3-9-15-27/h1-19,28,31H,20-22H2,(H,32,33)(H2,34,35,36). The normalized spacial score (nSPS) is 12.7. The first kappa shape index (κ1) is 26.5. The Bertz CT molecular complexity index is 1300. The lowest BCUT2D eigenvalue weighted by molar-refractivity contribution is -0.137. The number of nitrogens with one attached hydrogen (secondary N) is 1. The maximum absolute atomic E-state index is 13.3. The van der Waals surface area contributed by atoms with Crippen LogP contribution in [0.2, 0.25) is 0 Å². The highest BCUT2D eigenvalue weighted by molar-refractivity contribution is 7.53. The van der Waals surface area contributed by atoms with Gasteiger partial charge in [-0.25, -0.2) is 0 Å². The number of rotatable bonds is 11. The van der Waals surface area contributed by atoms with Gasteiger partial charge in [-0.05, 0) is 40.7 Å². The quantitative estimate of drug-likeness (QED) is 0.188. The van der Waals surface area contributed by atoms with Crippen LogP contribution in [-0.4, -0.2) is 26.9 Å². The molecule has 4 rings (SSSR count). The summed E-state index contributed by atoms with van der Waals surface area (Å²) in [6, 6.07) is 34.6. The van der Waals surface area contributed by atoms with Gasteiger partial charge in [0, 0.05) is 12.5 Å². The predicted octanol–water partition coefficient (Wildman–Crippen LogP) is 5.80. The van der Waals surface area contributed by atoms with E-state index < -0.39 is 24.9 Å². The van der Waals surface area contributed by atoms with Crippen LogP contribution < -0.4 is 5.32 Å². The second-order valence-corrected chi connectivity index (χ2v) is 10.8. The average Bonchev–Trinajstić information content (AvgIpc) is 2.91. The van der Waals surface area contributed by atoms with E-state index in [1.165, 1.54) is 0 Å². The van der Waals surface area contributed by atoms with Gasteiger partial charge in [-0.1, -0.05) is 115 Å². The SMILES string of the molecule is O=C(O)CCC(Cc1ccc(-c2ccccc2)cc1)NC(c1ccccc1)(c1ccccc1)P(=O)(O)O. The Morgan fingerprint density at radius 2 is 1.19 bits per heavy atom. The summed E-state index contributed by atoms with van der Waals surface area (Å²) >= 11 is 0. The molecule has 4 N–H and O–H groups in total. The molecule has 1 unspecified atom stereocenters. The van der Waals surface area contributed by atoms with Crippen LogP contribution in [0, 0.1) is 0 Å². The summed E-state index contributed by atoms with van der Waals surface area (Å²) < 4.78 is 13.3. The highest BCUT2D eigenvalue weighted by atomic mass is 31.2. The Labute approximate surface area is 216 Å². The number of benzene rings is 4. The third-order valence-electron chi connectivity index (χ3n) is 6.48. The van der Waals surface area contributed by atoms with Gasteiger partial charge in [0.05, 0.1) is 0 Å². The largest absolute Gasteiger partial charge is 0.481 e. The second kappa shape index (κ2) is 11.7. The third-order valence-corrected chi connectivity index (χ3v) is 8.00. The molecule has 0 saturated heterocycles. The van der Waals surface area contributed by atoms with Crippen LogP contribution in [0.15, 0.2) is 115 Å². The maximum atomic E-state index is 13.3. The van der Waals surface area contributed by atoms with Gasteiger partial charge in [-0.2, -0.15) is 0 Å². The number of carboxylic acids is 1. The first-order chi connectivity index (χ1) is 17.8. The topological polar surface area (TPSA) is 107 Å². The number of hydrogen-bond acceptors (Lipinski definition) is 3. The second-order valence-electron chi connectivity index (χ2n) is 9.03. The molecule has 1 atom stereocenters. The van der Waals surface area contributed by atoms with Crippen LogP contribution in [-0.2, 0) is 21.1 Å². The molecule has 0 heterocycles. The van der Waals surface area contributed by atoms with Gasteiger partial charge in [0.2, 0.25) is 0 Å². The average molecular weight is 516 g/mol. The lowest BCUT2D eigenvalue weighted by Gasteiger charge is -2.39. The predicted molar refractivity (Wildman–Crippen MR) is 145 cm³/mol. The van der Waals surface area contributed by atoms with Crippen LogP contribution >= 0.6 is 7.60 Å². The molecule has 4 aromatic rings. The number of carbonyl (C=O) groups is 1. The maximum Gasteiger partial charge on any atom is 0.354 e. The summed E-state index contributed by atoms with van der Waals surface area (Å²) in [4.78, 5) is 33.1. The van der Waals surface area contributed by atoms with Crippen molar-refractivity contribution >= 4 is 13.6 Å². The summed E-state index contributed by atoms with van der Waals surface area (Å²) in [7, 11) is -4.86. The Balaban J connectivity index is 1.73. The van der Waals surface area contributed by atoms with Crippen molar-refractivity contribution in [1.29, 1.82) is 0 Å². The molecule has 0 fully saturated rings. The monoisotopic (exact) mass is 515 g/mol. The smallest absolute Gasteiger partial charge is 0.354 e. The van der Waals surface area contributed by atoms with E-state index in [4.69, 9.17) is 0 Å². The fourth-order valence-corrected chi connectivity index (χ4v) is 6.00. The van der Waals surface area contributed by atoms with Crippen molar-refractivity contribution in [2.75, 3.05) is 0 Å². The van der Waals surface area contributed by atoms with E-state index in [1.807, 2.05) is 54.6 Å². The molecule has 0 bridgehead atoms. The summed E-state index contributed by atoms with van der Waals surface area (Å²) in [6.07, 6.45) is 0.446. The molecule has 0 spiro atoms.